The van der Waals surface area contributed by atoms with Crippen molar-refractivity contribution in [2.75, 3.05) is 19.0 Å². The zero-order valence-corrected chi connectivity index (χ0v) is 15.7. The van der Waals surface area contributed by atoms with Crippen LogP contribution in [0.15, 0.2) is 54.6 Å². The Morgan fingerprint density at radius 1 is 1.07 bits per heavy atom. The Labute approximate surface area is 159 Å². The van der Waals surface area contributed by atoms with Crippen molar-refractivity contribution in [2.24, 2.45) is 0 Å². The lowest BCUT2D eigenvalue weighted by Gasteiger charge is -2.20. The number of H-pyrrole nitrogens is 1. The molecule has 0 fully saturated rings. The first-order valence-corrected chi connectivity index (χ1v) is 8.82. The summed E-state index contributed by atoms with van der Waals surface area (Å²) >= 11 is 0. The molecule has 0 spiro atoms. The summed E-state index contributed by atoms with van der Waals surface area (Å²) in [5, 5.41) is 13.3. The number of aromatic nitrogens is 2. The van der Waals surface area contributed by atoms with Crippen LogP contribution in [0.25, 0.3) is 0 Å². The number of hydrogen-bond donors (Lipinski definition) is 3. The van der Waals surface area contributed by atoms with Crippen LogP contribution in [0.5, 0.6) is 5.75 Å². The predicted molar refractivity (Wildman–Crippen MR) is 106 cm³/mol. The SMILES string of the molecule is COc1ccc([C@H](NCC(=O)Nc2c(C)n[nH]c2C)c2ccccc2)cc1. The summed E-state index contributed by atoms with van der Waals surface area (Å²) in [4.78, 5) is 12.4. The molecule has 0 unspecified atom stereocenters. The molecule has 0 aliphatic carbocycles. The number of carbonyl (C=O) groups excluding carboxylic acids is 1. The fraction of sp³-hybridized carbons (Fsp3) is 0.238. The standard InChI is InChI=1S/C21H24N4O2/c1-14-20(15(2)25-24-14)23-19(26)13-22-21(16-7-5-4-6-8-16)17-9-11-18(27-3)12-10-17/h4-12,21-22H,13H2,1-3H3,(H,23,26)(H,24,25)/t21-/m1/s1. The maximum Gasteiger partial charge on any atom is 0.238 e. The van der Waals surface area contributed by atoms with Gasteiger partial charge in [0.25, 0.3) is 0 Å². The molecule has 6 heteroatoms. The third kappa shape index (κ3) is 4.54. The fourth-order valence-electron chi connectivity index (χ4n) is 2.98. The van der Waals surface area contributed by atoms with Crippen LogP contribution in [0.1, 0.15) is 28.6 Å². The molecular weight excluding hydrogens is 340 g/mol. The average Bonchev–Trinajstić information content (AvgIpc) is 3.01. The van der Waals surface area contributed by atoms with Crippen molar-refractivity contribution in [3.05, 3.63) is 77.1 Å². The van der Waals surface area contributed by atoms with Crippen LogP contribution in [-0.2, 0) is 4.79 Å². The Hall–Kier alpha value is -3.12. The smallest absolute Gasteiger partial charge is 0.238 e. The van der Waals surface area contributed by atoms with Gasteiger partial charge in [-0.15, -0.1) is 0 Å². The van der Waals surface area contributed by atoms with Crippen LogP contribution in [0.4, 0.5) is 5.69 Å². The summed E-state index contributed by atoms with van der Waals surface area (Å²) in [6.07, 6.45) is 0. The molecule has 3 aromatic rings. The molecule has 0 aliphatic rings. The largest absolute Gasteiger partial charge is 0.497 e. The second kappa shape index (κ2) is 8.51. The Morgan fingerprint density at radius 3 is 2.33 bits per heavy atom. The van der Waals surface area contributed by atoms with Crippen LogP contribution >= 0.6 is 0 Å². The van der Waals surface area contributed by atoms with E-state index in [1.807, 2.05) is 68.4 Å². The van der Waals surface area contributed by atoms with Crippen LogP contribution in [0.3, 0.4) is 0 Å². The number of aryl methyl sites for hydroxylation is 2. The number of amides is 1. The van der Waals surface area contributed by atoms with Gasteiger partial charge in [0.05, 0.1) is 36.8 Å². The molecule has 1 heterocycles. The summed E-state index contributed by atoms with van der Waals surface area (Å²) in [7, 11) is 1.64. The highest BCUT2D eigenvalue weighted by molar-refractivity contribution is 5.93. The van der Waals surface area contributed by atoms with Gasteiger partial charge in [0.2, 0.25) is 5.91 Å². The van der Waals surface area contributed by atoms with Crippen LogP contribution in [-0.4, -0.2) is 29.8 Å². The minimum absolute atomic E-state index is 0.102. The van der Waals surface area contributed by atoms with E-state index in [1.165, 1.54) is 0 Å². The number of carbonyl (C=O) groups is 1. The lowest BCUT2D eigenvalue weighted by molar-refractivity contribution is -0.115. The lowest BCUT2D eigenvalue weighted by Crippen LogP contribution is -2.32. The Bertz CT molecular complexity index is 869. The van der Waals surface area contributed by atoms with Gasteiger partial charge in [-0.3, -0.25) is 15.2 Å². The zero-order valence-electron chi connectivity index (χ0n) is 15.7. The van der Waals surface area contributed by atoms with Gasteiger partial charge < -0.3 is 10.1 Å². The molecule has 3 rings (SSSR count). The van der Waals surface area contributed by atoms with Gasteiger partial charge in [-0.25, -0.2) is 0 Å². The number of methoxy groups -OCH3 is 1. The molecule has 3 N–H and O–H groups in total. The molecule has 0 saturated carbocycles. The molecule has 140 valence electrons. The highest BCUT2D eigenvalue weighted by atomic mass is 16.5. The number of ether oxygens (including phenoxy) is 1. The molecule has 1 atom stereocenters. The van der Waals surface area contributed by atoms with Crippen molar-refractivity contribution < 1.29 is 9.53 Å². The summed E-state index contributed by atoms with van der Waals surface area (Å²) in [6.45, 7) is 3.92. The number of hydrogen-bond acceptors (Lipinski definition) is 4. The number of nitrogens with zero attached hydrogens (tertiary/aromatic N) is 1. The minimum Gasteiger partial charge on any atom is -0.497 e. The van der Waals surface area contributed by atoms with Gasteiger partial charge in [-0.1, -0.05) is 42.5 Å². The number of anilines is 1. The molecule has 1 aromatic heterocycles. The third-order valence-corrected chi connectivity index (χ3v) is 4.44. The highest BCUT2D eigenvalue weighted by Gasteiger charge is 2.16. The molecule has 0 saturated heterocycles. The van der Waals surface area contributed by atoms with E-state index in [4.69, 9.17) is 4.74 Å². The van der Waals surface area contributed by atoms with E-state index >= 15 is 0 Å². The predicted octanol–water partition coefficient (Wildman–Crippen LogP) is 3.35. The molecule has 2 aromatic carbocycles. The Balaban J connectivity index is 1.74. The molecule has 0 bridgehead atoms. The maximum atomic E-state index is 12.4. The van der Waals surface area contributed by atoms with Gasteiger partial charge in [0, 0.05) is 0 Å². The molecular formula is C21H24N4O2. The molecule has 1 amide bonds. The maximum absolute atomic E-state index is 12.4. The van der Waals surface area contributed by atoms with Crippen LogP contribution in [0, 0.1) is 13.8 Å². The Morgan fingerprint density at radius 2 is 1.74 bits per heavy atom. The minimum atomic E-state index is -0.114. The van der Waals surface area contributed by atoms with Crippen molar-refractivity contribution in [1.29, 1.82) is 0 Å². The fourth-order valence-corrected chi connectivity index (χ4v) is 2.98. The number of benzene rings is 2. The topological polar surface area (TPSA) is 79.0 Å². The highest BCUT2D eigenvalue weighted by Crippen LogP contribution is 2.24. The summed E-state index contributed by atoms with van der Waals surface area (Å²) in [5.41, 5.74) is 4.50. The van der Waals surface area contributed by atoms with Crippen molar-refractivity contribution in [2.45, 2.75) is 19.9 Å². The van der Waals surface area contributed by atoms with Crippen LogP contribution in [0.2, 0.25) is 0 Å². The van der Waals surface area contributed by atoms with Crippen molar-refractivity contribution in [3.8, 4) is 5.75 Å². The molecule has 0 radical (unpaired) electrons. The molecule has 27 heavy (non-hydrogen) atoms. The van der Waals surface area contributed by atoms with E-state index in [2.05, 4.69) is 20.8 Å². The Kier molecular flexibility index (Phi) is 5.88. The van der Waals surface area contributed by atoms with Gasteiger partial charge in [0.15, 0.2) is 0 Å². The van der Waals surface area contributed by atoms with Crippen molar-refractivity contribution >= 4 is 11.6 Å². The van der Waals surface area contributed by atoms with Crippen molar-refractivity contribution in [3.63, 3.8) is 0 Å². The van der Waals surface area contributed by atoms with E-state index in [9.17, 15) is 4.79 Å². The van der Waals surface area contributed by atoms with E-state index < -0.39 is 0 Å². The zero-order chi connectivity index (χ0) is 19.2. The second-order valence-electron chi connectivity index (χ2n) is 6.35. The normalized spacial score (nSPS) is 11.8. The average molecular weight is 364 g/mol. The van der Waals surface area contributed by atoms with Gasteiger partial charge in [0.1, 0.15) is 5.75 Å². The van der Waals surface area contributed by atoms with E-state index in [-0.39, 0.29) is 18.5 Å². The van der Waals surface area contributed by atoms with E-state index in [0.717, 1.165) is 34.0 Å². The number of rotatable bonds is 7. The van der Waals surface area contributed by atoms with Crippen LogP contribution < -0.4 is 15.4 Å². The number of aromatic amines is 1. The quantitative estimate of drug-likeness (QED) is 0.601. The first-order chi connectivity index (χ1) is 13.1. The lowest BCUT2D eigenvalue weighted by atomic mass is 9.98. The third-order valence-electron chi connectivity index (χ3n) is 4.44. The van der Waals surface area contributed by atoms with Crippen molar-refractivity contribution in [1.82, 2.24) is 15.5 Å². The summed E-state index contributed by atoms with van der Waals surface area (Å²) in [6, 6.07) is 17.8. The first kappa shape index (κ1) is 18.7. The van der Waals surface area contributed by atoms with E-state index in [0.29, 0.717) is 0 Å². The number of nitrogens with one attached hydrogen (secondary N) is 3. The second-order valence-corrected chi connectivity index (χ2v) is 6.35. The van der Waals surface area contributed by atoms with Gasteiger partial charge >= 0.3 is 0 Å². The first-order valence-electron chi connectivity index (χ1n) is 8.82. The summed E-state index contributed by atoms with van der Waals surface area (Å²) in [5.74, 6) is 0.686. The van der Waals surface area contributed by atoms with E-state index in [1.54, 1.807) is 7.11 Å². The molecule has 0 aliphatic heterocycles. The van der Waals surface area contributed by atoms with Gasteiger partial charge in [-0.2, -0.15) is 5.10 Å². The summed E-state index contributed by atoms with van der Waals surface area (Å²) < 4.78 is 5.24. The monoisotopic (exact) mass is 364 g/mol. The van der Waals surface area contributed by atoms with Gasteiger partial charge in [-0.05, 0) is 37.1 Å². The molecule has 6 nitrogen and oxygen atoms in total.